The number of amides is 2. The molecule has 0 saturated carbocycles. The Morgan fingerprint density at radius 2 is 2.17 bits per heavy atom. The van der Waals surface area contributed by atoms with Gasteiger partial charge in [-0.05, 0) is 30.7 Å². The van der Waals surface area contributed by atoms with E-state index in [1.165, 1.54) is 18.3 Å². The van der Waals surface area contributed by atoms with E-state index in [1.807, 2.05) is 0 Å². The monoisotopic (exact) mass is 325 g/mol. The maximum atomic E-state index is 12.4. The Hall–Kier alpha value is -2.48. The highest BCUT2D eigenvalue weighted by Gasteiger charge is 2.13. The minimum atomic E-state index is -2.94. The number of carbonyl (C=O) groups excluding carboxylic acids is 1. The van der Waals surface area contributed by atoms with E-state index in [4.69, 9.17) is 4.74 Å². The van der Waals surface area contributed by atoms with E-state index in [-0.39, 0.29) is 11.3 Å². The number of alkyl halides is 2. The maximum Gasteiger partial charge on any atom is 0.387 e. The van der Waals surface area contributed by atoms with Crippen LogP contribution in [0, 0.1) is 0 Å². The summed E-state index contributed by atoms with van der Waals surface area (Å²) in [7, 11) is 1.59. The molecular formula is C15H17F2N3O3. The summed E-state index contributed by atoms with van der Waals surface area (Å²) >= 11 is 0. The van der Waals surface area contributed by atoms with Gasteiger partial charge in [-0.2, -0.15) is 8.78 Å². The molecule has 124 valence electrons. The zero-order valence-corrected chi connectivity index (χ0v) is 12.5. The SMILES string of the molecule is COCCCNC(=O)Nc1ccc(OC(F)F)c2ncccc12. The number of ether oxygens (including phenoxy) is 2. The fourth-order valence-corrected chi connectivity index (χ4v) is 2.03. The van der Waals surface area contributed by atoms with Gasteiger partial charge in [0.2, 0.25) is 0 Å². The first-order chi connectivity index (χ1) is 11.1. The predicted octanol–water partition coefficient (Wildman–Crippen LogP) is 2.99. The molecule has 0 bridgehead atoms. The number of fused-ring (bicyclic) bond motifs is 1. The van der Waals surface area contributed by atoms with E-state index in [9.17, 15) is 13.6 Å². The molecule has 0 aliphatic rings. The summed E-state index contributed by atoms with van der Waals surface area (Å²) in [5, 5.41) is 5.86. The van der Waals surface area contributed by atoms with Crippen LogP contribution in [0.5, 0.6) is 5.75 Å². The van der Waals surface area contributed by atoms with Gasteiger partial charge in [-0.15, -0.1) is 0 Å². The summed E-state index contributed by atoms with van der Waals surface area (Å²) in [6.45, 7) is -1.93. The van der Waals surface area contributed by atoms with Gasteiger partial charge in [0, 0.05) is 31.8 Å². The lowest BCUT2D eigenvalue weighted by Crippen LogP contribution is -2.30. The number of methoxy groups -OCH3 is 1. The molecule has 2 rings (SSSR count). The summed E-state index contributed by atoms with van der Waals surface area (Å²) in [6, 6.07) is 5.77. The van der Waals surface area contributed by atoms with Crippen molar-refractivity contribution in [2.24, 2.45) is 0 Å². The van der Waals surface area contributed by atoms with Crippen LogP contribution in [0.2, 0.25) is 0 Å². The maximum absolute atomic E-state index is 12.4. The lowest BCUT2D eigenvalue weighted by atomic mass is 10.1. The fraction of sp³-hybridized carbons (Fsp3) is 0.333. The molecule has 2 aromatic rings. The van der Waals surface area contributed by atoms with Gasteiger partial charge >= 0.3 is 12.6 Å². The second kappa shape index (κ2) is 8.23. The van der Waals surface area contributed by atoms with Gasteiger partial charge in [0.1, 0.15) is 5.52 Å². The average molecular weight is 325 g/mol. The summed E-state index contributed by atoms with van der Waals surface area (Å²) in [6.07, 6.45) is 2.16. The van der Waals surface area contributed by atoms with Crippen LogP contribution in [0.25, 0.3) is 10.9 Å². The third kappa shape index (κ3) is 4.75. The Labute approximate surface area is 131 Å². The third-order valence-corrected chi connectivity index (χ3v) is 3.01. The van der Waals surface area contributed by atoms with Crippen molar-refractivity contribution in [3.8, 4) is 5.75 Å². The van der Waals surface area contributed by atoms with Crippen LogP contribution in [-0.2, 0) is 4.74 Å². The number of nitrogens with one attached hydrogen (secondary N) is 2. The van der Waals surface area contributed by atoms with Crippen LogP contribution in [0.15, 0.2) is 30.5 Å². The van der Waals surface area contributed by atoms with Gasteiger partial charge in [0.15, 0.2) is 5.75 Å². The smallest absolute Gasteiger partial charge is 0.387 e. The molecule has 0 saturated heterocycles. The number of aromatic nitrogens is 1. The Morgan fingerprint density at radius 1 is 1.35 bits per heavy atom. The number of hydrogen-bond acceptors (Lipinski definition) is 4. The summed E-state index contributed by atoms with van der Waals surface area (Å²) in [5.41, 5.74) is 0.712. The zero-order valence-electron chi connectivity index (χ0n) is 12.5. The molecule has 1 aromatic carbocycles. The standard InChI is InChI=1S/C15H17F2N3O3/c1-22-9-3-8-19-15(21)20-11-5-6-12(23-14(16)17)13-10(11)4-2-7-18-13/h2,4-7,14H,3,8-9H2,1H3,(H2,19,20,21). The van der Waals surface area contributed by atoms with Crippen molar-refractivity contribution < 1.29 is 23.0 Å². The first-order valence-electron chi connectivity index (χ1n) is 6.98. The Morgan fingerprint density at radius 3 is 2.91 bits per heavy atom. The molecule has 0 spiro atoms. The molecular weight excluding hydrogens is 308 g/mol. The minimum Gasteiger partial charge on any atom is -0.432 e. The van der Waals surface area contributed by atoms with Crippen LogP contribution in [-0.4, -0.2) is 37.9 Å². The fourth-order valence-electron chi connectivity index (χ4n) is 2.03. The van der Waals surface area contributed by atoms with E-state index in [0.717, 1.165) is 0 Å². The minimum absolute atomic E-state index is 0.0401. The van der Waals surface area contributed by atoms with Crippen molar-refractivity contribution in [2.75, 3.05) is 25.6 Å². The molecule has 23 heavy (non-hydrogen) atoms. The van der Waals surface area contributed by atoms with Crippen molar-refractivity contribution in [2.45, 2.75) is 13.0 Å². The van der Waals surface area contributed by atoms with Crippen LogP contribution in [0.3, 0.4) is 0 Å². The number of halogens is 2. The Balaban J connectivity index is 2.13. The number of rotatable bonds is 7. The number of anilines is 1. The molecule has 6 nitrogen and oxygen atoms in total. The number of carbonyl (C=O) groups is 1. The third-order valence-electron chi connectivity index (χ3n) is 3.01. The van der Waals surface area contributed by atoms with Crippen molar-refractivity contribution in [1.82, 2.24) is 10.3 Å². The van der Waals surface area contributed by atoms with Gasteiger partial charge in [0.25, 0.3) is 0 Å². The number of hydrogen-bond donors (Lipinski definition) is 2. The first kappa shape index (κ1) is 16.9. The molecule has 2 N–H and O–H groups in total. The summed E-state index contributed by atoms with van der Waals surface area (Å²) < 4.78 is 34.2. The Bertz CT molecular complexity index is 667. The molecule has 2 amide bonds. The van der Waals surface area contributed by atoms with Gasteiger partial charge in [-0.3, -0.25) is 4.98 Å². The van der Waals surface area contributed by atoms with Crippen molar-refractivity contribution in [1.29, 1.82) is 0 Å². The molecule has 0 radical (unpaired) electrons. The highest BCUT2D eigenvalue weighted by atomic mass is 19.3. The molecule has 0 aliphatic carbocycles. The highest BCUT2D eigenvalue weighted by Crippen LogP contribution is 2.30. The van der Waals surface area contributed by atoms with E-state index < -0.39 is 12.6 Å². The van der Waals surface area contributed by atoms with Gasteiger partial charge in [-0.25, -0.2) is 4.79 Å². The number of urea groups is 1. The normalized spacial score (nSPS) is 10.8. The summed E-state index contributed by atoms with van der Waals surface area (Å²) in [4.78, 5) is 15.9. The second-order valence-corrected chi connectivity index (χ2v) is 4.62. The van der Waals surface area contributed by atoms with Crippen molar-refractivity contribution in [3.05, 3.63) is 30.5 Å². The molecule has 1 aromatic heterocycles. The molecule has 0 unspecified atom stereocenters. The summed E-state index contributed by atoms with van der Waals surface area (Å²) in [5.74, 6) is -0.0401. The number of nitrogens with zero attached hydrogens (tertiary/aromatic N) is 1. The van der Waals surface area contributed by atoms with E-state index >= 15 is 0 Å². The number of benzene rings is 1. The van der Waals surface area contributed by atoms with Crippen LogP contribution in [0.4, 0.5) is 19.3 Å². The van der Waals surface area contributed by atoms with Crippen LogP contribution in [0.1, 0.15) is 6.42 Å². The molecule has 0 fully saturated rings. The molecule has 0 atom stereocenters. The second-order valence-electron chi connectivity index (χ2n) is 4.62. The van der Waals surface area contributed by atoms with Crippen molar-refractivity contribution >= 4 is 22.6 Å². The molecule has 1 heterocycles. The lowest BCUT2D eigenvalue weighted by Gasteiger charge is -2.12. The van der Waals surface area contributed by atoms with Gasteiger partial charge in [0.05, 0.1) is 5.69 Å². The largest absolute Gasteiger partial charge is 0.432 e. The topological polar surface area (TPSA) is 72.5 Å². The number of pyridine rings is 1. The van der Waals surface area contributed by atoms with Crippen molar-refractivity contribution in [3.63, 3.8) is 0 Å². The van der Waals surface area contributed by atoms with Gasteiger partial charge < -0.3 is 20.1 Å². The molecule has 8 heteroatoms. The molecule has 0 aliphatic heterocycles. The predicted molar refractivity (Wildman–Crippen MR) is 81.9 cm³/mol. The Kier molecular flexibility index (Phi) is 6.04. The van der Waals surface area contributed by atoms with Crippen LogP contribution >= 0.6 is 0 Å². The van der Waals surface area contributed by atoms with Gasteiger partial charge in [-0.1, -0.05) is 0 Å². The van der Waals surface area contributed by atoms with Crippen LogP contribution < -0.4 is 15.4 Å². The lowest BCUT2D eigenvalue weighted by molar-refractivity contribution is -0.0489. The highest BCUT2D eigenvalue weighted by molar-refractivity contribution is 6.02. The first-order valence-corrected chi connectivity index (χ1v) is 6.98. The van der Waals surface area contributed by atoms with E-state index in [0.29, 0.717) is 30.6 Å². The zero-order chi connectivity index (χ0) is 16.7. The van der Waals surface area contributed by atoms with E-state index in [1.54, 1.807) is 19.2 Å². The van der Waals surface area contributed by atoms with E-state index in [2.05, 4.69) is 20.4 Å². The average Bonchev–Trinajstić information content (AvgIpc) is 2.53. The quantitative estimate of drug-likeness (QED) is 0.768.